The number of rotatable bonds is 12. The summed E-state index contributed by atoms with van der Waals surface area (Å²) in [6, 6.07) is 5.77. The molecule has 12 heteroatoms. The number of hydrogen-bond acceptors (Lipinski definition) is 5. The number of hydrogen-bond donors (Lipinski definition) is 1. The summed E-state index contributed by atoms with van der Waals surface area (Å²) in [5, 5.41) is 2.74. The number of halogens is 5. The van der Waals surface area contributed by atoms with Crippen molar-refractivity contribution in [3.8, 4) is 5.75 Å². The van der Waals surface area contributed by atoms with Crippen LogP contribution in [-0.2, 0) is 22.0 Å². The maximum absolute atomic E-state index is 13.2. The highest BCUT2D eigenvalue weighted by Gasteiger charge is 2.57. The lowest BCUT2D eigenvalue weighted by atomic mass is 9.52. The molecule has 43 heavy (non-hydrogen) atoms. The van der Waals surface area contributed by atoms with Crippen molar-refractivity contribution >= 4 is 22.7 Å². The van der Waals surface area contributed by atoms with E-state index in [0.29, 0.717) is 50.3 Å². The van der Waals surface area contributed by atoms with Crippen LogP contribution in [0.25, 0.3) is 0 Å². The first-order valence-electron chi connectivity index (χ1n) is 15.2. The number of ether oxygens (including phenoxy) is 1. The molecule has 6 atom stereocenters. The van der Waals surface area contributed by atoms with Crippen molar-refractivity contribution in [3.63, 3.8) is 0 Å². The van der Waals surface area contributed by atoms with Crippen molar-refractivity contribution in [2.24, 2.45) is 23.2 Å². The number of carbonyl (C=O) groups is 2. The Morgan fingerprint density at radius 3 is 2.56 bits per heavy atom. The van der Waals surface area contributed by atoms with Gasteiger partial charge in [0, 0.05) is 53.7 Å². The van der Waals surface area contributed by atoms with Crippen LogP contribution in [0.5, 0.6) is 5.75 Å². The molecule has 2 fully saturated rings. The predicted octanol–water partition coefficient (Wildman–Crippen LogP) is 6.49. The van der Waals surface area contributed by atoms with Crippen LogP contribution in [-0.4, -0.2) is 71.8 Å². The van der Waals surface area contributed by atoms with E-state index >= 15 is 0 Å². The van der Waals surface area contributed by atoms with Crippen LogP contribution in [0.1, 0.15) is 75.3 Å². The summed E-state index contributed by atoms with van der Waals surface area (Å²) >= 11 is 0. The lowest BCUT2D eigenvalue weighted by Crippen LogP contribution is -2.46. The lowest BCUT2D eigenvalue weighted by Gasteiger charge is -2.51. The topological polar surface area (TPSA) is 75.7 Å². The zero-order chi connectivity index (χ0) is 31.6. The first-order valence-corrected chi connectivity index (χ1v) is 16.7. The number of carbonyl (C=O) groups excluding carboxylic acids is 2. The van der Waals surface area contributed by atoms with Crippen molar-refractivity contribution in [1.82, 2.24) is 10.2 Å². The fraction of sp³-hybridized carbons (Fsp3) is 0.742. The molecule has 1 aromatic carbocycles. The Labute approximate surface area is 252 Å². The summed E-state index contributed by atoms with van der Waals surface area (Å²) in [7, 11) is 2.32. The molecule has 1 amide bonds. The van der Waals surface area contributed by atoms with Crippen LogP contribution < -0.4 is 10.1 Å². The molecule has 4 rings (SSSR count). The quantitative estimate of drug-likeness (QED) is 0.266. The summed E-state index contributed by atoms with van der Waals surface area (Å²) in [4.78, 5) is 27.2. The second-order valence-corrected chi connectivity index (χ2v) is 14.6. The number of ketones is 1. The molecule has 2 saturated carbocycles. The highest BCUT2D eigenvalue weighted by Crippen LogP contribution is 2.61. The van der Waals surface area contributed by atoms with E-state index in [1.807, 2.05) is 37.2 Å². The summed E-state index contributed by atoms with van der Waals surface area (Å²) in [6.07, 6.45) is -2.87. The Balaban J connectivity index is 1.43. The van der Waals surface area contributed by atoms with Crippen LogP contribution >= 0.6 is 0 Å². The standard InChI is InChI=1S/C31H43F5N2O4S/c1-29-13-11-24-23-8-7-22(42-28(40)37-14-15-38(2)3)19-21(23)18-20(27(24)25(29)9-10-26(29)39)6-4-16-43(41)17-5-12-30(32,33)31(34,35)36/h7-8,19-20,24-25,27H,4-6,9-18H2,1-3H3,(H,37,40)/t20-,24-,25+,27-,29+,43?/m1/s1. The van der Waals surface area contributed by atoms with Crippen molar-refractivity contribution in [2.75, 3.05) is 38.7 Å². The molecule has 0 saturated heterocycles. The van der Waals surface area contributed by atoms with Crippen LogP contribution in [0.3, 0.4) is 0 Å². The summed E-state index contributed by atoms with van der Waals surface area (Å²) in [5.41, 5.74) is 1.96. The number of amides is 1. The molecule has 242 valence electrons. The van der Waals surface area contributed by atoms with E-state index < -0.39 is 41.8 Å². The molecule has 1 N–H and O–H groups in total. The van der Waals surface area contributed by atoms with Gasteiger partial charge in [-0.05, 0) is 106 Å². The third kappa shape index (κ3) is 7.78. The Morgan fingerprint density at radius 1 is 1.14 bits per heavy atom. The smallest absolute Gasteiger partial charge is 0.410 e. The molecule has 1 unspecified atom stereocenters. The highest BCUT2D eigenvalue weighted by molar-refractivity contribution is 7.84. The predicted molar refractivity (Wildman–Crippen MR) is 155 cm³/mol. The molecule has 3 aliphatic carbocycles. The van der Waals surface area contributed by atoms with Crippen LogP contribution in [0.2, 0.25) is 0 Å². The van der Waals surface area contributed by atoms with Gasteiger partial charge in [0.25, 0.3) is 0 Å². The van der Waals surface area contributed by atoms with E-state index in [-0.39, 0.29) is 40.6 Å². The van der Waals surface area contributed by atoms with Gasteiger partial charge in [-0.3, -0.25) is 9.00 Å². The van der Waals surface area contributed by atoms with Crippen LogP contribution in [0.4, 0.5) is 26.7 Å². The molecule has 0 bridgehead atoms. The summed E-state index contributed by atoms with van der Waals surface area (Å²) in [5.74, 6) is -3.04. The molecule has 6 nitrogen and oxygen atoms in total. The normalized spacial score (nSPS) is 27.8. The lowest BCUT2D eigenvalue weighted by molar-refractivity contribution is -0.284. The average Bonchev–Trinajstić information content (AvgIpc) is 3.21. The summed E-state index contributed by atoms with van der Waals surface area (Å²) in [6.45, 7) is 3.22. The van der Waals surface area contributed by atoms with E-state index in [1.165, 1.54) is 5.56 Å². The molecule has 3 aliphatic rings. The maximum atomic E-state index is 13.2. The van der Waals surface area contributed by atoms with Gasteiger partial charge in [0.05, 0.1) is 0 Å². The minimum Gasteiger partial charge on any atom is -0.410 e. The first kappa shape index (κ1) is 33.8. The van der Waals surface area contributed by atoms with Crippen molar-refractivity contribution in [3.05, 3.63) is 29.3 Å². The molecule has 0 aromatic heterocycles. The number of nitrogens with zero attached hydrogens (tertiary/aromatic N) is 1. The van der Waals surface area contributed by atoms with E-state index in [0.717, 1.165) is 24.8 Å². The van der Waals surface area contributed by atoms with Gasteiger partial charge in [0.1, 0.15) is 11.5 Å². The minimum atomic E-state index is -5.60. The van der Waals surface area contributed by atoms with E-state index in [9.17, 15) is 35.8 Å². The van der Waals surface area contributed by atoms with Gasteiger partial charge < -0.3 is 15.0 Å². The van der Waals surface area contributed by atoms with Crippen LogP contribution in [0, 0.1) is 23.2 Å². The number of likely N-dealkylation sites (N-methyl/N-ethyl adjacent to an activating group) is 1. The Bertz CT molecular complexity index is 1190. The Morgan fingerprint density at radius 2 is 1.86 bits per heavy atom. The zero-order valence-corrected chi connectivity index (χ0v) is 25.9. The molecule has 0 heterocycles. The van der Waals surface area contributed by atoms with Crippen molar-refractivity contribution in [2.45, 2.75) is 82.7 Å². The second kappa shape index (κ2) is 13.5. The molecular formula is C31H43F5N2O4S. The number of benzene rings is 1. The fourth-order valence-electron chi connectivity index (χ4n) is 7.61. The third-order valence-corrected chi connectivity index (χ3v) is 11.3. The Kier molecular flexibility index (Phi) is 10.6. The average molecular weight is 635 g/mol. The molecule has 0 spiro atoms. The first-order chi connectivity index (χ1) is 20.1. The molecule has 0 radical (unpaired) electrons. The largest absolute Gasteiger partial charge is 0.453 e. The molecular weight excluding hydrogens is 591 g/mol. The number of nitrogens with one attached hydrogen (secondary N) is 1. The Hall–Kier alpha value is -2.08. The zero-order valence-electron chi connectivity index (χ0n) is 25.1. The van der Waals surface area contributed by atoms with Gasteiger partial charge in [0.2, 0.25) is 0 Å². The maximum Gasteiger partial charge on any atom is 0.453 e. The van der Waals surface area contributed by atoms with E-state index in [4.69, 9.17) is 4.74 Å². The third-order valence-electron chi connectivity index (χ3n) is 9.85. The second-order valence-electron chi connectivity index (χ2n) is 12.9. The van der Waals surface area contributed by atoms with Gasteiger partial charge in [-0.1, -0.05) is 13.0 Å². The monoisotopic (exact) mass is 634 g/mol. The van der Waals surface area contributed by atoms with Gasteiger partial charge in [-0.15, -0.1) is 0 Å². The van der Waals surface area contributed by atoms with E-state index in [2.05, 4.69) is 12.2 Å². The van der Waals surface area contributed by atoms with Crippen molar-refractivity contribution < 1.29 is 40.5 Å². The fourth-order valence-corrected chi connectivity index (χ4v) is 8.77. The van der Waals surface area contributed by atoms with Crippen LogP contribution in [0.15, 0.2) is 18.2 Å². The minimum absolute atomic E-state index is 0.184. The van der Waals surface area contributed by atoms with Gasteiger partial charge in [0.15, 0.2) is 0 Å². The SMILES string of the molecule is CN(C)CCNC(=O)Oc1ccc2c(c1)C[C@@H](CCCS(=O)CCCC(F)(F)C(F)(F)F)[C@@H]1[C@@H]2CC[C@]2(C)C(=O)CC[C@@H]12. The van der Waals surface area contributed by atoms with Gasteiger partial charge in [-0.2, -0.15) is 22.0 Å². The number of fused-ring (bicyclic) bond motifs is 5. The highest BCUT2D eigenvalue weighted by atomic mass is 32.2. The number of Topliss-reactive ketones (excluding diaryl/α,β-unsaturated/α-hetero) is 1. The summed E-state index contributed by atoms with van der Waals surface area (Å²) < 4.78 is 81.8. The van der Waals surface area contributed by atoms with Crippen molar-refractivity contribution in [1.29, 1.82) is 0 Å². The van der Waals surface area contributed by atoms with Gasteiger partial charge in [-0.25, -0.2) is 4.79 Å². The number of alkyl halides is 5. The molecule has 0 aliphatic heterocycles. The molecule has 1 aromatic rings. The van der Waals surface area contributed by atoms with Gasteiger partial charge >= 0.3 is 18.2 Å². The van der Waals surface area contributed by atoms with E-state index in [1.54, 1.807) is 0 Å².